The first-order valence-electron chi connectivity index (χ1n) is 5.25. The Morgan fingerprint density at radius 3 is 2.71 bits per heavy atom. The fraction of sp³-hybridized carbons (Fsp3) is 0.333. The van der Waals surface area contributed by atoms with E-state index in [0.717, 1.165) is 5.56 Å². The van der Waals surface area contributed by atoms with Crippen LogP contribution in [0.1, 0.15) is 22.8 Å². The largest absolute Gasteiger partial charge is 0.479 e. The van der Waals surface area contributed by atoms with Crippen LogP contribution in [0.3, 0.4) is 0 Å². The van der Waals surface area contributed by atoms with E-state index in [1.807, 2.05) is 12.1 Å². The minimum Gasteiger partial charge on any atom is -0.479 e. The molecule has 1 heterocycles. The number of carboxylic acid groups (broad SMARTS) is 1. The highest BCUT2D eigenvalue weighted by molar-refractivity contribution is 5.98. The van der Waals surface area contributed by atoms with Crippen molar-refractivity contribution >= 4 is 11.9 Å². The summed E-state index contributed by atoms with van der Waals surface area (Å²) < 4.78 is 0. The van der Waals surface area contributed by atoms with Crippen LogP contribution in [0, 0.1) is 0 Å². The third-order valence-electron chi connectivity index (χ3n) is 2.86. The normalized spacial score (nSPS) is 17.8. The Labute approximate surface area is 98.3 Å². The van der Waals surface area contributed by atoms with Gasteiger partial charge < -0.3 is 15.1 Å². The number of nitrogens with zero attached hydrogens (tertiary/aromatic N) is 1. The van der Waals surface area contributed by atoms with Crippen LogP contribution in [0.4, 0.5) is 0 Å². The average molecular weight is 235 g/mol. The third kappa shape index (κ3) is 2.01. The predicted molar refractivity (Wildman–Crippen MR) is 59.4 cm³/mol. The van der Waals surface area contributed by atoms with E-state index >= 15 is 0 Å². The molecule has 5 nitrogen and oxygen atoms in total. The van der Waals surface area contributed by atoms with Crippen molar-refractivity contribution in [3.63, 3.8) is 0 Å². The van der Waals surface area contributed by atoms with E-state index in [-0.39, 0.29) is 12.5 Å². The molecule has 5 heteroatoms. The van der Waals surface area contributed by atoms with Gasteiger partial charge in [-0.2, -0.15) is 0 Å². The van der Waals surface area contributed by atoms with Gasteiger partial charge in [-0.1, -0.05) is 18.2 Å². The zero-order chi connectivity index (χ0) is 12.6. The predicted octanol–water partition coefficient (Wildman–Crippen LogP) is 0.478. The number of fused-ring (bicyclic) bond motifs is 1. The maximum atomic E-state index is 11.9. The lowest BCUT2D eigenvalue weighted by Gasteiger charge is -2.24. The first kappa shape index (κ1) is 11.6. The summed E-state index contributed by atoms with van der Waals surface area (Å²) in [7, 11) is 0. The van der Waals surface area contributed by atoms with E-state index in [0.29, 0.717) is 12.1 Å². The van der Waals surface area contributed by atoms with Crippen molar-refractivity contribution in [2.75, 3.05) is 6.54 Å². The summed E-state index contributed by atoms with van der Waals surface area (Å²) in [6, 6.07) is 7.11. The molecule has 1 amide bonds. The number of aliphatic hydroxyl groups is 1. The third-order valence-corrected chi connectivity index (χ3v) is 2.86. The van der Waals surface area contributed by atoms with Crippen molar-refractivity contribution < 1.29 is 19.8 Å². The Morgan fingerprint density at radius 1 is 1.47 bits per heavy atom. The number of carbonyl (C=O) groups excluding carboxylic acids is 1. The summed E-state index contributed by atoms with van der Waals surface area (Å²) in [5, 5.41) is 18.5. The molecular weight excluding hydrogens is 222 g/mol. The van der Waals surface area contributed by atoms with Gasteiger partial charge in [0, 0.05) is 12.1 Å². The van der Waals surface area contributed by atoms with Gasteiger partial charge in [-0.05, 0) is 18.6 Å². The lowest BCUT2D eigenvalue weighted by Crippen LogP contribution is -2.46. The fourth-order valence-electron chi connectivity index (χ4n) is 1.88. The molecule has 1 aromatic rings. The van der Waals surface area contributed by atoms with Crippen LogP contribution in [0.25, 0.3) is 0 Å². The summed E-state index contributed by atoms with van der Waals surface area (Å²) >= 11 is 0. The number of rotatable bonds is 3. The van der Waals surface area contributed by atoms with E-state index < -0.39 is 11.6 Å². The molecule has 2 N–H and O–H groups in total. The minimum atomic E-state index is -1.92. The topological polar surface area (TPSA) is 77.8 Å². The van der Waals surface area contributed by atoms with Crippen LogP contribution < -0.4 is 0 Å². The van der Waals surface area contributed by atoms with Gasteiger partial charge in [0.05, 0.1) is 6.54 Å². The number of hydrogen-bond acceptors (Lipinski definition) is 3. The summed E-state index contributed by atoms with van der Waals surface area (Å²) in [4.78, 5) is 24.1. The second kappa shape index (κ2) is 3.85. The van der Waals surface area contributed by atoms with Gasteiger partial charge in [0.15, 0.2) is 5.60 Å². The summed E-state index contributed by atoms with van der Waals surface area (Å²) in [5.41, 5.74) is -0.482. The van der Waals surface area contributed by atoms with E-state index in [9.17, 15) is 14.7 Å². The average Bonchev–Trinajstić information content (AvgIpc) is 2.56. The highest BCUT2D eigenvalue weighted by Gasteiger charge is 2.37. The van der Waals surface area contributed by atoms with Crippen LogP contribution in [0.15, 0.2) is 24.3 Å². The molecule has 0 aliphatic carbocycles. The number of carbonyl (C=O) groups is 2. The van der Waals surface area contributed by atoms with Crippen molar-refractivity contribution in [2.24, 2.45) is 0 Å². The molecule has 17 heavy (non-hydrogen) atoms. The molecule has 0 radical (unpaired) electrons. The standard InChI is InChI=1S/C12H13NO4/c1-12(17,11(15)16)7-13-6-8-4-2-3-5-9(8)10(13)14/h2-5,17H,6-7H2,1H3,(H,15,16). The van der Waals surface area contributed by atoms with Crippen molar-refractivity contribution in [1.29, 1.82) is 0 Å². The summed E-state index contributed by atoms with van der Waals surface area (Å²) in [6.45, 7) is 1.32. The molecule has 2 rings (SSSR count). The summed E-state index contributed by atoms with van der Waals surface area (Å²) in [6.07, 6.45) is 0. The molecule has 1 aromatic carbocycles. The Bertz CT molecular complexity index is 481. The molecule has 0 fully saturated rings. The van der Waals surface area contributed by atoms with Gasteiger partial charge in [-0.15, -0.1) is 0 Å². The van der Waals surface area contributed by atoms with Crippen LogP contribution in [0.5, 0.6) is 0 Å². The van der Waals surface area contributed by atoms with Crippen LogP contribution in [0.2, 0.25) is 0 Å². The van der Waals surface area contributed by atoms with Gasteiger partial charge >= 0.3 is 5.97 Å². The first-order chi connectivity index (χ1) is 7.92. The SMILES string of the molecule is CC(O)(CN1Cc2ccccc2C1=O)C(=O)O. The zero-order valence-electron chi connectivity index (χ0n) is 9.38. The molecule has 0 saturated carbocycles. The van der Waals surface area contributed by atoms with Crippen LogP contribution in [-0.4, -0.2) is 39.1 Å². The second-order valence-corrected chi connectivity index (χ2v) is 4.40. The van der Waals surface area contributed by atoms with E-state index in [2.05, 4.69) is 0 Å². The number of amides is 1. The van der Waals surface area contributed by atoms with Gasteiger partial charge in [0.25, 0.3) is 5.91 Å². The maximum absolute atomic E-state index is 11.9. The van der Waals surface area contributed by atoms with E-state index in [1.54, 1.807) is 12.1 Å². The molecular formula is C12H13NO4. The second-order valence-electron chi connectivity index (χ2n) is 4.40. The smallest absolute Gasteiger partial charge is 0.337 e. The van der Waals surface area contributed by atoms with E-state index in [1.165, 1.54) is 11.8 Å². The van der Waals surface area contributed by atoms with Gasteiger partial charge in [-0.3, -0.25) is 4.79 Å². The minimum absolute atomic E-state index is 0.212. The number of carboxylic acids is 1. The molecule has 90 valence electrons. The zero-order valence-corrected chi connectivity index (χ0v) is 9.38. The van der Waals surface area contributed by atoms with Crippen molar-refractivity contribution in [2.45, 2.75) is 19.1 Å². The van der Waals surface area contributed by atoms with Crippen molar-refractivity contribution in [3.05, 3.63) is 35.4 Å². The van der Waals surface area contributed by atoms with E-state index in [4.69, 9.17) is 5.11 Å². The number of β-amino-alcohol motifs (C(OH)–C–C–N with tert-alkyl or cyclic N) is 1. The number of benzene rings is 1. The maximum Gasteiger partial charge on any atom is 0.337 e. The Kier molecular flexibility index (Phi) is 2.63. The number of hydrogen-bond donors (Lipinski definition) is 2. The Balaban J connectivity index is 2.19. The monoisotopic (exact) mass is 235 g/mol. The highest BCUT2D eigenvalue weighted by atomic mass is 16.4. The van der Waals surface area contributed by atoms with Gasteiger partial charge in [-0.25, -0.2) is 4.79 Å². The lowest BCUT2D eigenvalue weighted by molar-refractivity contribution is -0.157. The Hall–Kier alpha value is -1.88. The summed E-state index contributed by atoms with van der Waals surface area (Å²) in [5.74, 6) is -1.57. The molecule has 1 unspecified atom stereocenters. The quantitative estimate of drug-likeness (QED) is 0.798. The van der Waals surface area contributed by atoms with Gasteiger partial charge in [0.1, 0.15) is 0 Å². The van der Waals surface area contributed by atoms with Crippen LogP contribution >= 0.6 is 0 Å². The molecule has 0 spiro atoms. The van der Waals surface area contributed by atoms with Crippen molar-refractivity contribution in [1.82, 2.24) is 4.90 Å². The molecule has 1 atom stereocenters. The Morgan fingerprint density at radius 2 is 2.12 bits per heavy atom. The molecule has 0 bridgehead atoms. The van der Waals surface area contributed by atoms with Crippen molar-refractivity contribution in [3.8, 4) is 0 Å². The lowest BCUT2D eigenvalue weighted by atomic mass is 10.1. The van der Waals surface area contributed by atoms with Crippen LogP contribution in [-0.2, 0) is 11.3 Å². The molecule has 1 aliphatic rings. The molecule has 0 saturated heterocycles. The van der Waals surface area contributed by atoms with Gasteiger partial charge in [0.2, 0.25) is 0 Å². The fourth-order valence-corrected chi connectivity index (χ4v) is 1.88. The number of aliphatic carboxylic acids is 1. The molecule has 0 aromatic heterocycles. The highest BCUT2D eigenvalue weighted by Crippen LogP contribution is 2.23. The first-order valence-corrected chi connectivity index (χ1v) is 5.25. The molecule has 1 aliphatic heterocycles.